The first-order chi connectivity index (χ1) is 7.31. The predicted molar refractivity (Wildman–Crippen MR) is 65.3 cm³/mol. The maximum atomic E-state index is 9.04. The van der Waals surface area contributed by atoms with Gasteiger partial charge in [-0.3, -0.25) is 0 Å². The number of aliphatic hydroxyl groups is 1. The third kappa shape index (κ3) is 2.28. The molecule has 1 aromatic heterocycles. The molecule has 2 heteroatoms. The smallest absolute Gasteiger partial charge is 0.0497 e. The summed E-state index contributed by atoms with van der Waals surface area (Å²) in [7, 11) is 0. The standard InChI is InChI=1S/C13H14OS/c1-10(8-14)11-2-4-12(5-3-11)13-6-7-15-9-13/h2-7,9-10,14H,8H2,1H3. The Kier molecular flexibility index (Phi) is 3.19. The number of hydrogen-bond acceptors (Lipinski definition) is 2. The summed E-state index contributed by atoms with van der Waals surface area (Å²) < 4.78 is 0. The van der Waals surface area contributed by atoms with Crippen LogP contribution in [0.4, 0.5) is 0 Å². The average Bonchev–Trinajstić information content (AvgIpc) is 2.82. The fraction of sp³-hybridized carbons (Fsp3) is 0.231. The van der Waals surface area contributed by atoms with E-state index in [2.05, 4.69) is 41.1 Å². The first-order valence-corrected chi connectivity index (χ1v) is 5.99. The van der Waals surface area contributed by atoms with Gasteiger partial charge in [-0.25, -0.2) is 0 Å². The van der Waals surface area contributed by atoms with Crippen molar-refractivity contribution in [1.29, 1.82) is 0 Å². The van der Waals surface area contributed by atoms with Crippen LogP contribution < -0.4 is 0 Å². The van der Waals surface area contributed by atoms with Gasteiger partial charge in [0, 0.05) is 12.5 Å². The van der Waals surface area contributed by atoms with Crippen molar-refractivity contribution in [3.05, 3.63) is 46.7 Å². The van der Waals surface area contributed by atoms with E-state index in [9.17, 15) is 0 Å². The number of hydrogen-bond donors (Lipinski definition) is 1. The van der Waals surface area contributed by atoms with E-state index in [0.717, 1.165) is 0 Å². The maximum absolute atomic E-state index is 9.04. The van der Waals surface area contributed by atoms with Gasteiger partial charge in [-0.15, -0.1) is 0 Å². The van der Waals surface area contributed by atoms with Crippen molar-refractivity contribution in [3.63, 3.8) is 0 Å². The molecule has 0 fully saturated rings. The van der Waals surface area contributed by atoms with Gasteiger partial charge in [0.2, 0.25) is 0 Å². The highest BCUT2D eigenvalue weighted by molar-refractivity contribution is 7.08. The average molecular weight is 218 g/mol. The molecule has 0 saturated heterocycles. The van der Waals surface area contributed by atoms with Crippen LogP contribution in [0, 0.1) is 0 Å². The van der Waals surface area contributed by atoms with E-state index in [1.165, 1.54) is 16.7 Å². The van der Waals surface area contributed by atoms with Gasteiger partial charge in [-0.2, -0.15) is 11.3 Å². The lowest BCUT2D eigenvalue weighted by Crippen LogP contribution is -1.97. The molecule has 1 heterocycles. The van der Waals surface area contributed by atoms with Crippen molar-refractivity contribution >= 4 is 11.3 Å². The molecule has 2 rings (SSSR count). The second-order valence-electron chi connectivity index (χ2n) is 3.72. The highest BCUT2D eigenvalue weighted by Crippen LogP contribution is 2.24. The molecule has 78 valence electrons. The first-order valence-electron chi connectivity index (χ1n) is 5.04. The van der Waals surface area contributed by atoms with Crippen molar-refractivity contribution in [1.82, 2.24) is 0 Å². The SMILES string of the molecule is CC(CO)c1ccc(-c2ccsc2)cc1. The Morgan fingerprint density at radius 3 is 2.40 bits per heavy atom. The molecular formula is C13H14OS. The van der Waals surface area contributed by atoms with E-state index in [1.54, 1.807) is 11.3 Å². The molecule has 0 aliphatic rings. The van der Waals surface area contributed by atoms with E-state index >= 15 is 0 Å². The molecule has 0 amide bonds. The molecule has 1 aromatic carbocycles. The molecule has 1 unspecified atom stereocenters. The molecule has 0 bridgehead atoms. The minimum absolute atomic E-state index is 0.206. The van der Waals surface area contributed by atoms with Crippen LogP contribution in [0.5, 0.6) is 0 Å². The van der Waals surface area contributed by atoms with E-state index < -0.39 is 0 Å². The minimum atomic E-state index is 0.206. The Bertz CT molecular complexity index is 403. The molecule has 2 aromatic rings. The molecule has 15 heavy (non-hydrogen) atoms. The molecule has 1 nitrogen and oxygen atoms in total. The van der Waals surface area contributed by atoms with Gasteiger partial charge in [-0.05, 0) is 33.5 Å². The topological polar surface area (TPSA) is 20.2 Å². The van der Waals surface area contributed by atoms with Crippen LogP contribution >= 0.6 is 11.3 Å². The minimum Gasteiger partial charge on any atom is -0.396 e. The van der Waals surface area contributed by atoms with Crippen molar-refractivity contribution in [3.8, 4) is 11.1 Å². The summed E-state index contributed by atoms with van der Waals surface area (Å²) in [6, 6.07) is 10.5. The summed E-state index contributed by atoms with van der Waals surface area (Å²) in [5, 5.41) is 13.3. The van der Waals surface area contributed by atoms with E-state index in [-0.39, 0.29) is 12.5 Å². The third-order valence-electron chi connectivity index (χ3n) is 2.61. The molecule has 0 aliphatic heterocycles. The number of benzene rings is 1. The highest BCUT2D eigenvalue weighted by Gasteiger charge is 2.04. The Morgan fingerprint density at radius 2 is 1.87 bits per heavy atom. The van der Waals surface area contributed by atoms with Crippen molar-refractivity contribution < 1.29 is 5.11 Å². The molecule has 0 saturated carbocycles. The van der Waals surface area contributed by atoms with Crippen LogP contribution in [0.3, 0.4) is 0 Å². The van der Waals surface area contributed by atoms with Crippen LogP contribution in [0.15, 0.2) is 41.1 Å². The van der Waals surface area contributed by atoms with Crippen molar-refractivity contribution in [2.75, 3.05) is 6.61 Å². The Balaban J connectivity index is 2.25. The Labute approximate surface area is 94.0 Å². The summed E-state index contributed by atoms with van der Waals surface area (Å²) in [6.45, 7) is 2.23. The first kappa shape index (κ1) is 10.4. The molecular weight excluding hydrogens is 204 g/mol. The number of rotatable bonds is 3. The van der Waals surface area contributed by atoms with Gasteiger partial charge < -0.3 is 5.11 Å². The van der Waals surface area contributed by atoms with Crippen LogP contribution in [0.1, 0.15) is 18.4 Å². The quantitative estimate of drug-likeness (QED) is 0.835. The van der Waals surface area contributed by atoms with Crippen LogP contribution in [-0.4, -0.2) is 11.7 Å². The number of aliphatic hydroxyl groups excluding tert-OH is 1. The van der Waals surface area contributed by atoms with Gasteiger partial charge in [0.25, 0.3) is 0 Å². The van der Waals surface area contributed by atoms with E-state index in [1.807, 2.05) is 6.92 Å². The van der Waals surface area contributed by atoms with Crippen molar-refractivity contribution in [2.45, 2.75) is 12.8 Å². The van der Waals surface area contributed by atoms with Gasteiger partial charge in [0.1, 0.15) is 0 Å². The van der Waals surface area contributed by atoms with Crippen LogP contribution in [0.25, 0.3) is 11.1 Å². The lowest BCUT2D eigenvalue weighted by Gasteiger charge is -2.08. The summed E-state index contributed by atoms with van der Waals surface area (Å²) in [5.74, 6) is 0.224. The third-order valence-corrected chi connectivity index (χ3v) is 3.29. The normalized spacial score (nSPS) is 12.7. The van der Waals surface area contributed by atoms with E-state index in [4.69, 9.17) is 5.11 Å². The highest BCUT2D eigenvalue weighted by atomic mass is 32.1. The second-order valence-corrected chi connectivity index (χ2v) is 4.50. The summed E-state index contributed by atoms with van der Waals surface area (Å²) in [5.41, 5.74) is 3.70. The molecule has 1 N–H and O–H groups in total. The summed E-state index contributed by atoms with van der Waals surface area (Å²) in [4.78, 5) is 0. The largest absolute Gasteiger partial charge is 0.396 e. The van der Waals surface area contributed by atoms with Crippen LogP contribution in [-0.2, 0) is 0 Å². The summed E-state index contributed by atoms with van der Waals surface area (Å²) >= 11 is 1.71. The molecule has 0 aliphatic carbocycles. The lowest BCUT2D eigenvalue weighted by molar-refractivity contribution is 0.273. The van der Waals surface area contributed by atoms with Crippen molar-refractivity contribution in [2.24, 2.45) is 0 Å². The lowest BCUT2D eigenvalue weighted by atomic mass is 9.99. The van der Waals surface area contributed by atoms with E-state index in [0.29, 0.717) is 0 Å². The predicted octanol–water partition coefficient (Wildman–Crippen LogP) is 3.51. The van der Waals surface area contributed by atoms with Gasteiger partial charge >= 0.3 is 0 Å². The molecule has 1 atom stereocenters. The fourth-order valence-corrected chi connectivity index (χ4v) is 2.20. The zero-order chi connectivity index (χ0) is 10.7. The van der Waals surface area contributed by atoms with Gasteiger partial charge in [0.05, 0.1) is 0 Å². The summed E-state index contributed by atoms with van der Waals surface area (Å²) in [6.07, 6.45) is 0. The zero-order valence-corrected chi connectivity index (χ0v) is 9.50. The molecule has 0 spiro atoms. The monoisotopic (exact) mass is 218 g/mol. The second kappa shape index (κ2) is 4.60. The Morgan fingerprint density at radius 1 is 1.13 bits per heavy atom. The maximum Gasteiger partial charge on any atom is 0.0497 e. The fourth-order valence-electron chi connectivity index (χ4n) is 1.54. The molecule has 0 radical (unpaired) electrons. The van der Waals surface area contributed by atoms with Crippen LogP contribution in [0.2, 0.25) is 0 Å². The Hall–Kier alpha value is -1.12. The van der Waals surface area contributed by atoms with Gasteiger partial charge in [0.15, 0.2) is 0 Å². The van der Waals surface area contributed by atoms with Gasteiger partial charge in [-0.1, -0.05) is 31.2 Å². The zero-order valence-electron chi connectivity index (χ0n) is 8.68. The number of thiophene rings is 1.